The molecule has 9 heteroatoms. The summed E-state index contributed by atoms with van der Waals surface area (Å²) in [6.45, 7) is 9.44. The highest BCUT2D eigenvalue weighted by molar-refractivity contribution is 6.76. The molecule has 1 aliphatic heterocycles. The van der Waals surface area contributed by atoms with E-state index in [0.717, 1.165) is 48.0 Å². The molecule has 1 fully saturated rings. The number of hydrogen-bond donors (Lipinski definition) is 1. The summed E-state index contributed by atoms with van der Waals surface area (Å²) in [5.41, 5.74) is 3.86. The molecule has 3 aromatic heterocycles. The summed E-state index contributed by atoms with van der Waals surface area (Å²) in [7, 11) is -1.10. The van der Waals surface area contributed by atoms with Gasteiger partial charge < -0.3 is 19.3 Å². The van der Waals surface area contributed by atoms with Gasteiger partial charge in [0.15, 0.2) is 11.3 Å². The number of nitrogens with zero attached hydrogens (tertiary/aromatic N) is 5. The fourth-order valence-electron chi connectivity index (χ4n) is 3.92. The van der Waals surface area contributed by atoms with Gasteiger partial charge in [-0.1, -0.05) is 19.6 Å². The smallest absolute Gasteiger partial charge is 0.407 e. The zero-order valence-corrected chi connectivity index (χ0v) is 18.3. The summed E-state index contributed by atoms with van der Waals surface area (Å²) in [6.07, 6.45) is 6.52. The van der Waals surface area contributed by atoms with Gasteiger partial charge >= 0.3 is 6.09 Å². The first-order valence-corrected chi connectivity index (χ1v) is 13.9. The van der Waals surface area contributed by atoms with Crippen LogP contribution in [0.1, 0.15) is 24.5 Å². The number of aromatic nitrogens is 4. The molecule has 4 heterocycles. The number of carbonyl (C=O) groups is 1. The van der Waals surface area contributed by atoms with Crippen molar-refractivity contribution in [2.45, 2.75) is 51.2 Å². The van der Waals surface area contributed by atoms with Crippen molar-refractivity contribution >= 4 is 31.0 Å². The number of ether oxygens (including phenoxy) is 1. The number of carboxylic acid groups (broad SMARTS) is 1. The van der Waals surface area contributed by atoms with Crippen LogP contribution in [0.5, 0.6) is 0 Å². The Morgan fingerprint density at radius 2 is 2.00 bits per heavy atom. The van der Waals surface area contributed by atoms with Gasteiger partial charge in [0.2, 0.25) is 0 Å². The molecule has 1 N–H and O–H groups in total. The second-order valence-electron chi connectivity index (χ2n) is 9.02. The minimum absolute atomic E-state index is 0.294. The molecule has 0 aliphatic carbocycles. The van der Waals surface area contributed by atoms with Crippen LogP contribution in [0.15, 0.2) is 24.7 Å². The number of imidazole rings is 1. The van der Waals surface area contributed by atoms with Gasteiger partial charge in [-0.15, -0.1) is 0 Å². The Bertz CT molecular complexity index is 1010. The molecular formula is C20H29N5O3Si. The number of fused-ring (bicyclic) bond motifs is 3. The molecule has 0 aromatic carbocycles. The summed E-state index contributed by atoms with van der Waals surface area (Å²) in [5.74, 6) is 0.294. The standard InChI is InChI=1S/C20H29N5O3Si/c1-29(2,3)11-10-28-14-24-9-6-16-19(24)22-13-18-21-12-17(25(16)18)15-4-7-23(8-5-15)20(26)27/h6,9,12-13,15H,4-5,7-8,10-11,14H2,1-3H3,(H,26,27). The Balaban J connectivity index is 1.56. The summed E-state index contributed by atoms with van der Waals surface area (Å²) in [6, 6.07) is 3.21. The number of rotatable bonds is 6. The lowest BCUT2D eigenvalue weighted by Gasteiger charge is -2.29. The molecule has 0 bridgehead atoms. The van der Waals surface area contributed by atoms with Crippen LogP contribution in [-0.4, -0.2) is 62.8 Å². The van der Waals surface area contributed by atoms with Gasteiger partial charge in [-0.25, -0.2) is 14.8 Å². The highest BCUT2D eigenvalue weighted by atomic mass is 28.3. The first-order valence-electron chi connectivity index (χ1n) is 10.2. The topological polar surface area (TPSA) is 84.9 Å². The predicted octanol–water partition coefficient (Wildman–Crippen LogP) is 3.85. The fraction of sp³-hybridized carbons (Fsp3) is 0.550. The largest absolute Gasteiger partial charge is 0.465 e. The van der Waals surface area contributed by atoms with Gasteiger partial charge in [0.25, 0.3) is 0 Å². The molecule has 29 heavy (non-hydrogen) atoms. The van der Waals surface area contributed by atoms with Gasteiger partial charge in [-0.3, -0.25) is 4.40 Å². The molecule has 0 spiro atoms. The summed E-state index contributed by atoms with van der Waals surface area (Å²) in [5, 5.41) is 9.19. The lowest BCUT2D eigenvalue weighted by atomic mass is 9.94. The van der Waals surface area contributed by atoms with Crippen LogP contribution in [-0.2, 0) is 11.5 Å². The molecule has 0 radical (unpaired) electrons. The number of hydrogen-bond acceptors (Lipinski definition) is 4. The van der Waals surface area contributed by atoms with E-state index >= 15 is 0 Å². The molecule has 1 amide bonds. The maximum atomic E-state index is 11.2. The van der Waals surface area contributed by atoms with Gasteiger partial charge in [0, 0.05) is 51.8 Å². The Labute approximate surface area is 171 Å². The van der Waals surface area contributed by atoms with E-state index in [9.17, 15) is 9.90 Å². The normalized spacial score (nSPS) is 16.2. The van der Waals surface area contributed by atoms with E-state index in [4.69, 9.17) is 4.74 Å². The van der Waals surface area contributed by atoms with Gasteiger partial charge in [-0.05, 0) is 25.0 Å². The second-order valence-corrected chi connectivity index (χ2v) is 14.6. The fourth-order valence-corrected chi connectivity index (χ4v) is 4.68. The van der Waals surface area contributed by atoms with Crippen molar-refractivity contribution in [3.63, 3.8) is 0 Å². The summed E-state index contributed by atoms with van der Waals surface area (Å²) >= 11 is 0. The second kappa shape index (κ2) is 7.79. The molecule has 4 rings (SSSR count). The SMILES string of the molecule is C[Si](C)(C)CCOCn1ccc2c1ncc1ncc(C3CCN(C(=O)O)CC3)n12. The van der Waals surface area contributed by atoms with E-state index in [2.05, 4.69) is 40.1 Å². The van der Waals surface area contributed by atoms with Crippen LogP contribution in [0.2, 0.25) is 25.7 Å². The maximum absolute atomic E-state index is 11.2. The molecule has 3 aromatic rings. The van der Waals surface area contributed by atoms with Crippen LogP contribution >= 0.6 is 0 Å². The maximum Gasteiger partial charge on any atom is 0.407 e. The highest BCUT2D eigenvalue weighted by Crippen LogP contribution is 2.30. The molecule has 1 aliphatic rings. The minimum atomic E-state index is -1.10. The number of likely N-dealkylation sites (tertiary alicyclic amines) is 1. The highest BCUT2D eigenvalue weighted by Gasteiger charge is 2.26. The van der Waals surface area contributed by atoms with Crippen molar-refractivity contribution in [1.29, 1.82) is 0 Å². The Morgan fingerprint density at radius 3 is 2.69 bits per heavy atom. The van der Waals surface area contributed by atoms with Crippen LogP contribution < -0.4 is 0 Å². The van der Waals surface area contributed by atoms with E-state index < -0.39 is 14.2 Å². The molecular weight excluding hydrogens is 386 g/mol. The van der Waals surface area contributed by atoms with E-state index in [-0.39, 0.29) is 0 Å². The average molecular weight is 416 g/mol. The van der Waals surface area contributed by atoms with Gasteiger partial charge in [0.1, 0.15) is 6.73 Å². The summed E-state index contributed by atoms with van der Waals surface area (Å²) in [4.78, 5) is 21.8. The van der Waals surface area contributed by atoms with E-state index in [0.29, 0.717) is 25.7 Å². The van der Waals surface area contributed by atoms with E-state index in [1.54, 1.807) is 6.20 Å². The first kappa shape index (κ1) is 19.9. The Kier molecular flexibility index (Phi) is 5.35. The summed E-state index contributed by atoms with van der Waals surface area (Å²) < 4.78 is 10.1. The molecule has 0 atom stereocenters. The van der Waals surface area contributed by atoms with Crippen molar-refractivity contribution in [3.8, 4) is 0 Å². The first-order chi connectivity index (χ1) is 13.8. The van der Waals surface area contributed by atoms with Crippen LogP contribution in [0.3, 0.4) is 0 Å². The van der Waals surface area contributed by atoms with E-state index in [1.165, 1.54) is 4.90 Å². The van der Waals surface area contributed by atoms with Crippen molar-refractivity contribution in [3.05, 3.63) is 30.4 Å². The minimum Gasteiger partial charge on any atom is -0.465 e. The molecule has 0 saturated carbocycles. The third-order valence-electron chi connectivity index (χ3n) is 5.68. The predicted molar refractivity (Wildman–Crippen MR) is 114 cm³/mol. The van der Waals surface area contributed by atoms with Crippen LogP contribution in [0.25, 0.3) is 16.8 Å². The van der Waals surface area contributed by atoms with Gasteiger partial charge in [-0.2, -0.15) is 0 Å². The quantitative estimate of drug-likeness (QED) is 0.488. The lowest BCUT2D eigenvalue weighted by Crippen LogP contribution is -2.37. The van der Waals surface area contributed by atoms with Crippen molar-refractivity contribution in [2.75, 3.05) is 19.7 Å². The van der Waals surface area contributed by atoms with E-state index in [1.807, 2.05) is 17.0 Å². The molecule has 156 valence electrons. The van der Waals surface area contributed by atoms with Crippen LogP contribution in [0.4, 0.5) is 4.79 Å². The zero-order chi connectivity index (χ0) is 20.6. The number of piperidine rings is 1. The molecule has 1 saturated heterocycles. The average Bonchev–Trinajstić information content (AvgIpc) is 3.28. The third kappa shape index (κ3) is 4.15. The monoisotopic (exact) mass is 415 g/mol. The third-order valence-corrected chi connectivity index (χ3v) is 7.39. The molecule has 0 unspecified atom stereocenters. The Hall–Kier alpha value is -2.39. The lowest BCUT2D eigenvalue weighted by molar-refractivity contribution is 0.0899. The van der Waals surface area contributed by atoms with Crippen molar-refractivity contribution < 1.29 is 14.6 Å². The van der Waals surface area contributed by atoms with Gasteiger partial charge in [0.05, 0.1) is 11.7 Å². The molecule has 8 nitrogen and oxygen atoms in total. The zero-order valence-electron chi connectivity index (χ0n) is 17.3. The van der Waals surface area contributed by atoms with Crippen molar-refractivity contribution in [1.82, 2.24) is 23.8 Å². The van der Waals surface area contributed by atoms with Crippen LogP contribution in [0, 0.1) is 0 Å². The number of amides is 1. The Morgan fingerprint density at radius 1 is 1.24 bits per heavy atom. The van der Waals surface area contributed by atoms with Crippen molar-refractivity contribution in [2.24, 2.45) is 0 Å².